The number of aromatic nitrogens is 1. The van der Waals surface area contributed by atoms with Crippen LogP contribution in [-0.2, 0) is 17.8 Å². The van der Waals surface area contributed by atoms with Crippen molar-refractivity contribution in [2.75, 3.05) is 45.3 Å². The number of pyridine rings is 1. The van der Waals surface area contributed by atoms with E-state index >= 15 is 0 Å². The van der Waals surface area contributed by atoms with Gasteiger partial charge in [-0.05, 0) is 17.2 Å². The first kappa shape index (κ1) is 19.1. The molecule has 0 atom stereocenters. The predicted molar refractivity (Wildman–Crippen MR) is 105 cm³/mol. The van der Waals surface area contributed by atoms with E-state index < -0.39 is 0 Å². The first-order chi connectivity index (χ1) is 13.1. The summed E-state index contributed by atoms with van der Waals surface area (Å²) in [4.78, 5) is 12.7. The van der Waals surface area contributed by atoms with E-state index in [1.807, 2.05) is 42.1 Å². The van der Waals surface area contributed by atoms with E-state index in [1.54, 1.807) is 6.20 Å². The van der Waals surface area contributed by atoms with Gasteiger partial charge in [0.05, 0.1) is 19.8 Å². The summed E-state index contributed by atoms with van der Waals surface area (Å²) in [5, 5.41) is 3.32. The summed E-state index contributed by atoms with van der Waals surface area (Å²) in [6, 6.07) is 11.6. The van der Waals surface area contributed by atoms with Crippen molar-refractivity contribution in [3.63, 3.8) is 0 Å². The van der Waals surface area contributed by atoms with Crippen molar-refractivity contribution in [3.05, 3.63) is 59.5 Å². The summed E-state index contributed by atoms with van der Waals surface area (Å²) < 4.78 is 19.8. The Balaban J connectivity index is 1.64. The average Bonchev–Trinajstić information content (AvgIpc) is 2.69. The van der Waals surface area contributed by atoms with Gasteiger partial charge in [-0.25, -0.2) is 14.4 Å². The molecule has 6 nitrogen and oxygen atoms in total. The summed E-state index contributed by atoms with van der Waals surface area (Å²) in [5.41, 5.74) is 1.92. The van der Waals surface area contributed by atoms with E-state index in [1.165, 1.54) is 11.6 Å². The second-order valence-electron chi connectivity index (χ2n) is 6.62. The van der Waals surface area contributed by atoms with Gasteiger partial charge in [0.2, 0.25) is 0 Å². The summed E-state index contributed by atoms with van der Waals surface area (Å²) in [5.74, 6) is 0.825. The van der Waals surface area contributed by atoms with Crippen molar-refractivity contribution in [2.45, 2.75) is 13.1 Å². The smallest absolute Gasteiger partial charge is 0.194 e. The zero-order valence-corrected chi connectivity index (χ0v) is 15.9. The highest BCUT2D eigenvalue weighted by Gasteiger charge is 2.16. The molecule has 1 aromatic carbocycles. The molecule has 2 heterocycles. The number of morpholine rings is 1. The van der Waals surface area contributed by atoms with E-state index in [0.717, 1.165) is 11.5 Å². The van der Waals surface area contributed by atoms with Gasteiger partial charge in [0, 0.05) is 39.9 Å². The monoisotopic (exact) mass is 371 g/mol. The summed E-state index contributed by atoms with van der Waals surface area (Å²) >= 11 is 0. The molecule has 3 rings (SSSR count). The highest BCUT2D eigenvalue weighted by atomic mass is 19.1. The molecule has 1 fully saturated rings. The topological polar surface area (TPSA) is 53.0 Å². The molecule has 1 saturated heterocycles. The van der Waals surface area contributed by atoms with Crippen LogP contribution in [0, 0.1) is 5.82 Å². The largest absolute Gasteiger partial charge is 0.378 e. The number of guanidine groups is 1. The van der Waals surface area contributed by atoms with Gasteiger partial charge in [-0.1, -0.05) is 30.3 Å². The van der Waals surface area contributed by atoms with Crippen molar-refractivity contribution in [1.82, 2.24) is 15.2 Å². The average molecular weight is 371 g/mol. The molecule has 1 N–H and O–H groups in total. The molecule has 1 aliphatic rings. The number of hydrogen-bond donors (Lipinski definition) is 1. The van der Waals surface area contributed by atoms with Crippen molar-refractivity contribution >= 4 is 11.8 Å². The normalized spacial score (nSPS) is 14.9. The number of hydrogen-bond acceptors (Lipinski definition) is 4. The number of halogens is 1. The van der Waals surface area contributed by atoms with Gasteiger partial charge in [-0.2, -0.15) is 0 Å². The zero-order chi connectivity index (χ0) is 19.1. The highest BCUT2D eigenvalue weighted by Crippen LogP contribution is 2.18. The minimum atomic E-state index is -0.312. The predicted octanol–water partition coefficient (Wildman–Crippen LogP) is 2.26. The van der Waals surface area contributed by atoms with Crippen LogP contribution in [0.1, 0.15) is 11.1 Å². The maximum atomic E-state index is 14.5. The lowest BCUT2D eigenvalue weighted by atomic mass is 10.2. The summed E-state index contributed by atoms with van der Waals surface area (Å²) in [6.45, 7) is 3.58. The van der Waals surface area contributed by atoms with Gasteiger partial charge in [0.15, 0.2) is 17.6 Å². The Bertz CT molecular complexity index is 760. The molecule has 144 valence electrons. The van der Waals surface area contributed by atoms with Crippen LogP contribution >= 0.6 is 0 Å². The number of nitrogens with one attached hydrogen (secondary N) is 1. The van der Waals surface area contributed by atoms with Gasteiger partial charge >= 0.3 is 0 Å². The van der Waals surface area contributed by atoms with E-state index in [9.17, 15) is 4.39 Å². The van der Waals surface area contributed by atoms with Crippen LogP contribution < -0.4 is 10.2 Å². The van der Waals surface area contributed by atoms with E-state index in [4.69, 9.17) is 4.74 Å². The maximum absolute atomic E-state index is 14.5. The molecule has 0 unspecified atom stereocenters. The molecule has 0 bridgehead atoms. The fourth-order valence-electron chi connectivity index (χ4n) is 2.86. The summed E-state index contributed by atoms with van der Waals surface area (Å²) in [6.07, 6.45) is 1.70. The van der Waals surface area contributed by atoms with Crippen LogP contribution in [0.2, 0.25) is 0 Å². The van der Waals surface area contributed by atoms with E-state index in [0.29, 0.717) is 45.2 Å². The lowest BCUT2D eigenvalue weighted by molar-refractivity contribution is 0.122. The van der Waals surface area contributed by atoms with Crippen LogP contribution in [0.25, 0.3) is 0 Å². The van der Waals surface area contributed by atoms with Crippen LogP contribution in [0.5, 0.6) is 0 Å². The molecule has 0 saturated carbocycles. The van der Waals surface area contributed by atoms with Crippen molar-refractivity contribution in [1.29, 1.82) is 0 Å². The van der Waals surface area contributed by atoms with Crippen LogP contribution in [0.3, 0.4) is 0 Å². The third-order valence-corrected chi connectivity index (χ3v) is 4.32. The molecule has 1 aliphatic heterocycles. The minimum absolute atomic E-state index is 0.312. The highest BCUT2D eigenvalue weighted by molar-refractivity contribution is 5.79. The van der Waals surface area contributed by atoms with Crippen LogP contribution in [-0.4, -0.2) is 56.2 Å². The Morgan fingerprint density at radius 1 is 1.22 bits per heavy atom. The fourth-order valence-corrected chi connectivity index (χ4v) is 2.86. The first-order valence-corrected chi connectivity index (χ1v) is 9.10. The number of aliphatic imine (C=N–C) groups is 1. The van der Waals surface area contributed by atoms with Gasteiger partial charge in [-0.15, -0.1) is 0 Å². The van der Waals surface area contributed by atoms with Crippen LogP contribution in [0.4, 0.5) is 10.2 Å². The Labute approximate surface area is 159 Å². The number of ether oxygens (including phenoxy) is 1. The molecule has 27 heavy (non-hydrogen) atoms. The molecule has 1 aromatic heterocycles. The Morgan fingerprint density at radius 2 is 1.96 bits per heavy atom. The lowest BCUT2D eigenvalue weighted by Crippen LogP contribution is -2.37. The molecular weight excluding hydrogens is 345 g/mol. The third kappa shape index (κ3) is 5.40. The Hall–Kier alpha value is -2.67. The van der Waals surface area contributed by atoms with Crippen molar-refractivity contribution in [3.8, 4) is 0 Å². The Kier molecular flexibility index (Phi) is 6.59. The number of rotatable bonds is 5. The maximum Gasteiger partial charge on any atom is 0.194 e. The number of anilines is 1. The molecule has 2 aromatic rings. The quantitative estimate of drug-likeness (QED) is 0.645. The standard InChI is InChI=1S/C20H26FN5O/c1-25(2)20(23-13-16-6-4-3-5-7-16)24-15-17-12-18(21)19(22-14-17)26-8-10-27-11-9-26/h3-7,12,14H,8-11,13,15H2,1-2H3,(H,23,24). The lowest BCUT2D eigenvalue weighted by Gasteiger charge is -2.28. The van der Waals surface area contributed by atoms with Crippen molar-refractivity contribution in [2.24, 2.45) is 4.99 Å². The van der Waals surface area contributed by atoms with Gasteiger partial charge in [0.25, 0.3) is 0 Å². The third-order valence-electron chi connectivity index (χ3n) is 4.32. The summed E-state index contributed by atoms with van der Waals surface area (Å²) in [7, 11) is 3.86. The SMILES string of the molecule is CN(C)C(=NCc1cnc(N2CCOCC2)c(F)c1)NCc1ccccc1. The minimum Gasteiger partial charge on any atom is -0.378 e. The van der Waals surface area contributed by atoms with Gasteiger partial charge < -0.3 is 19.9 Å². The zero-order valence-electron chi connectivity index (χ0n) is 15.9. The molecule has 0 spiro atoms. The molecular formula is C20H26FN5O. The fraction of sp³-hybridized carbons (Fsp3) is 0.400. The van der Waals surface area contributed by atoms with Crippen molar-refractivity contribution < 1.29 is 9.13 Å². The van der Waals surface area contributed by atoms with Crippen LogP contribution in [0.15, 0.2) is 47.6 Å². The molecule has 7 heteroatoms. The molecule has 0 amide bonds. The van der Waals surface area contributed by atoms with Gasteiger partial charge in [-0.3, -0.25) is 0 Å². The van der Waals surface area contributed by atoms with Gasteiger partial charge in [0.1, 0.15) is 0 Å². The first-order valence-electron chi connectivity index (χ1n) is 9.10. The van der Waals surface area contributed by atoms with E-state index in [-0.39, 0.29) is 5.82 Å². The molecule has 0 aliphatic carbocycles. The second-order valence-corrected chi connectivity index (χ2v) is 6.62. The number of nitrogens with zero attached hydrogens (tertiary/aromatic N) is 4. The second kappa shape index (κ2) is 9.32. The Morgan fingerprint density at radius 3 is 2.63 bits per heavy atom. The number of benzene rings is 1. The molecule has 0 radical (unpaired) electrons. The van der Waals surface area contributed by atoms with E-state index in [2.05, 4.69) is 27.4 Å².